The molecule has 2 atom stereocenters. The Bertz CT molecular complexity index is 226. The van der Waals surface area contributed by atoms with Gasteiger partial charge in [-0.2, -0.15) is 0 Å². The van der Waals surface area contributed by atoms with Crippen LogP contribution in [0.2, 0.25) is 0 Å². The van der Waals surface area contributed by atoms with E-state index < -0.39 is 18.1 Å². The summed E-state index contributed by atoms with van der Waals surface area (Å²) in [7, 11) is 0. The number of rotatable bonds is 7. The highest BCUT2D eigenvalue weighted by molar-refractivity contribution is 5.85. The van der Waals surface area contributed by atoms with Crippen LogP contribution in [0.1, 0.15) is 33.6 Å². The highest BCUT2D eigenvalue weighted by Crippen LogP contribution is 2.01. The highest BCUT2D eigenvalue weighted by Gasteiger charge is 2.23. The summed E-state index contributed by atoms with van der Waals surface area (Å²) in [6, 6.07) is -1.27. The fourth-order valence-corrected chi connectivity index (χ4v) is 1.17. The lowest BCUT2D eigenvalue weighted by molar-refractivity contribution is -0.147. The van der Waals surface area contributed by atoms with Gasteiger partial charge in [-0.15, -0.1) is 24.8 Å². The second-order valence-corrected chi connectivity index (χ2v) is 3.32. The van der Waals surface area contributed by atoms with E-state index in [4.69, 9.17) is 9.84 Å². The molecule has 0 saturated heterocycles. The topological polar surface area (TPSA) is 75.6 Å². The molecule has 0 spiro atoms. The van der Waals surface area contributed by atoms with Gasteiger partial charge in [-0.05, 0) is 20.3 Å². The van der Waals surface area contributed by atoms with E-state index in [-0.39, 0.29) is 30.8 Å². The maximum absolute atomic E-state index is 11.4. The minimum absolute atomic E-state index is 0. The van der Waals surface area contributed by atoms with Gasteiger partial charge in [-0.25, -0.2) is 0 Å². The Morgan fingerprint density at radius 1 is 1.29 bits per heavy atom. The van der Waals surface area contributed by atoms with Crippen LogP contribution in [0.15, 0.2) is 0 Å². The Morgan fingerprint density at radius 2 is 1.82 bits per heavy atom. The molecule has 0 aromatic carbocycles. The Morgan fingerprint density at radius 3 is 2.18 bits per heavy atom. The van der Waals surface area contributed by atoms with Gasteiger partial charge >= 0.3 is 11.9 Å². The first-order chi connectivity index (χ1) is 7.02. The number of carboxylic acids is 1. The molecule has 0 heterocycles. The van der Waals surface area contributed by atoms with E-state index >= 15 is 0 Å². The maximum Gasteiger partial charge on any atom is 0.323 e. The number of carbonyl (C=O) groups excluding carboxylic acids is 1. The van der Waals surface area contributed by atoms with Gasteiger partial charge in [0.1, 0.15) is 12.1 Å². The van der Waals surface area contributed by atoms with Crippen LogP contribution in [0.5, 0.6) is 0 Å². The van der Waals surface area contributed by atoms with Crippen LogP contribution < -0.4 is 5.32 Å². The lowest BCUT2D eigenvalue weighted by atomic mass is 10.1. The summed E-state index contributed by atoms with van der Waals surface area (Å²) in [5, 5.41) is 11.4. The van der Waals surface area contributed by atoms with E-state index in [9.17, 15) is 9.59 Å². The van der Waals surface area contributed by atoms with Gasteiger partial charge in [0.25, 0.3) is 0 Å². The van der Waals surface area contributed by atoms with E-state index in [1.807, 2.05) is 6.92 Å². The molecule has 0 radical (unpaired) electrons. The monoisotopic (exact) mass is 289 g/mol. The van der Waals surface area contributed by atoms with Crippen molar-refractivity contribution in [2.24, 2.45) is 0 Å². The van der Waals surface area contributed by atoms with Crippen molar-refractivity contribution in [2.45, 2.75) is 45.7 Å². The van der Waals surface area contributed by atoms with E-state index in [1.54, 1.807) is 6.92 Å². The third-order valence-electron chi connectivity index (χ3n) is 1.97. The fraction of sp³-hybridized carbons (Fsp3) is 0.800. The molecule has 104 valence electrons. The SMILES string of the molecule is CCC[C@H](NC(C)C(=O)O)C(=O)OCC.Cl.Cl. The molecule has 0 saturated carbocycles. The number of carboxylic acid groups (broad SMARTS) is 1. The van der Waals surface area contributed by atoms with Gasteiger partial charge in [0.05, 0.1) is 6.61 Å². The average Bonchev–Trinajstić information content (AvgIpc) is 2.17. The Balaban J connectivity index is -0.000000980. The molecule has 1 unspecified atom stereocenters. The van der Waals surface area contributed by atoms with Gasteiger partial charge < -0.3 is 9.84 Å². The molecular weight excluding hydrogens is 269 g/mol. The van der Waals surface area contributed by atoms with Gasteiger partial charge in [-0.1, -0.05) is 13.3 Å². The molecule has 0 bridgehead atoms. The summed E-state index contributed by atoms with van der Waals surface area (Å²) >= 11 is 0. The number of ether oxygens (including phenoxy) is 1. The Labute approximate surface area is 114 Å². The van der Waals surface area contributed by atoms with Crippen LogP contribution in [0.4, 0.5) is 0 Å². The molecular formula is C10H21Cl2NO4. The number of esters is 1. The summed E-state index contributed by atoms with van der Waals surface area (Å²) in [5.74, 6) is -1.35. The van der Waals surface area contributed by atoms with Gasteiger partial charge in [0.15, 0.2) is 0 Å². The molecule has 0 amide bonds. The maximum atomic E-state index is 11.4. The molecule has 17 heavy (non-hydrogen) atoms. The summed E-state index contributed by atoms with van der Waals surface area (Å²) in [4.78, 5) is 22.0. The predicted molar refractivity (Wildman–Crippen MR) is 70.1 cm³/mol. The smallest absolute Gasteiger partial charge is 0.323 e. The molecule has 5 nitrogen and oxygen atoms in total. The van der Waals surface area contributed by atoms with Gasteiger partial charge in [0, 0.05) is 0 Å². The lowest BCUT2D eigenvalue weighted by Gasteiger charge is -2.18. The zero-order chi connectivity index (χ0) is 11.8. The van der Waals surface area contributed by atoms with E-state index in [2.05, 4.69) is 5.32 Å². The number of hydrogen-bond acceptors (Lipinski definition) is 4. The number of hydrogen-bond donors (Lipinski definition) is 2. The van der Waals surface area contributed by atoms with Crippen molar-refractivity contribution in [1.29, 1.82) is 0 Å². The van der Waals surface area contributed by atoms with Crippen molar-refractivity contribution in [3.05, 3.63) is 0 Å². The van der Waals surface area contributed by atoms with Crippen LogP contribution in [-0.2, 0) is 14.3 Å². The van der Waals surface area contributed by atoms with Crippen LogP contribution in [-0.4, -0.2) is 35.7 Å². The second kappa shape index (κ2) is 12.0. The molecule has 0 aliphatic heterocycles. The second-order valence-electron chi connectivity index (χ2n) is 3.32. The first-order valence-electron chi connectivity index (χ1n) is 5.18. The third kappa shape index (κ3) is 9.21. The van der Waals surface area contributed by atoms with Crippen molar-refractivity contribution >= 4 is 36.8 Å². The fourth-order valence-electron chi connectivity index (χ4n) is 1.17. The molecule has 0 aliphatic rings. The van der Waals surface area contributed by atoms with Crippen molar-refractivity contribution < 1.29 is 19.4 Å². The van der Waals surface area contributed by atoms with Crippen LogP contribution in [0.3, 0.4) is 0 Å². The summed E-state index contributed by atoms with van der Waals surface area (Å²) in [5.41, 5.74) is 0. The molecule has 0 fully saturated rings. The Kier molecular flexibility index (Phi) is 15.3. The minimum atomic E-state index is -0.972. The number of carbonyl (C=O) groups is 2. The van der Waals surface area contributed by atoms with E-state index in [0.717, 1.165) is 6.42 Å². The molecule has 0 aromatic heterocycles. The average molecular weight is 290 g/mol. The molecule has 2 N–H and O–H groups in total. The molecule has 7 heteroatoms. The van der Waals surface area contributed by atoms with Crippen LogP contribution >= 0.6 is 24.8 Å². The van der Waals surface area contributed by atoms with Crippen molar-refractivity contribution in [1.82, 2.24) is 5.32 Å². The zero-order valence-corrected chi connectivity index (χ0v) is 11.9. The standard InChI is InChI=1S/C10H19NO4.2ClH/c1-4-6-8(10(14)15-5-2)11-7(3)9(12)13;;/h7-8,11H,4-6H2,1-3H3,(H,12,13);2*1H/t7?,8-;;/m0../s1. The summed E-state index contributed by atoms with van der Waals surface area (Å²) in [6.45, 7) is 5.47. The van der Waals surface area contributed by atoms with Gasteiger partial charge in [0.2, 0.25) is 0 Å². The van der Waals surface area contributed by atoms with Crippen LogP contribution in [0, 0.1) is 0 Å². The van der Waals surface area contributed by atoms with Crippen molar-refractivity contribution in [3.63, 3.8) is 0 Å². The molecule has 0 aliphatic carbocycles. The predicted octanol–water partition coefficient (Wildman–Crippen LogP) is 1.62. The largest absolute Gasteiger partial charge is 0.480 e. The number of halogens is 2. The molecule has 0 aromatic rings. The minimum Gasteiger partial charge on any atom is -0.480 e. The normalized spacial score (nSPS) is 12.6. The van der Waals surface area contributed by atoms with Crippen molar-refractivity contribution in [2.75, 3.05) is 6.61 Å². The summed E-state index contributed by atoms with van der Waals surface area (Å²) in [6.07, 6.45) is 1.37. The van der Waals surface area contributed by atoms with E-state index in [1.165, 1.54) is 6.92 Å². The van der Waals surface area contributed by atoms with E-state index in [0.29, 0.717) is 13.0 Å². The van der Waals surface area contributed by atoms with Crippen molar-refractivity contribution in [3.8, 4) is 0 Å². The van der Waals surface area contributed by atoms with Gasteiger partial charge in [-0.3, -0.25) is 14.9 Å². The number of nitrogens with one attached hydrogen (secondary N) is 1. The zero-order valence-electron chi connectivity index (χ0n) is 10.3. The number of aliphatic carboxylic acids is 1. The Hall–Kier alpha value is -0.520. The third-order valence-corrected chi connectivity index (χ3v) is 1.97. The van der Waals surface area contributed by atoms with Crippen LogP contribution in [0.25, 0.3) is 0 Å². The first kappa shape index (κ1) is 21.7. The first-order valence-corrected chi connectivity index (χ1v) is 5.18. The summed E-state index contributed by atoms with van der Waals surface area (Å²) < 4.78 is 4.84. The highest BCUT2D eigenvalue weighted by atomic mass is 35.5. The molecule has 0 rings (SSSR count). The lowest BCUT2D eigenvalue weighted by Crippen LogP contribution is -2.46. The quantitative estimate of drug-likeness (QED) is 0.697.